The predicted molar refractivity (Wildman–Crippen MR) is 111 cm³/mol. The molecule has 0 atom stereocenters. The molecule has 0 unspecified atom stereocenters. The number of rotatable bonds is 4. The molecule has 0 radical (unpaired) electrons. The van der Waals surface area contributed by atoms with Crippen molar-refractivity contribution in [3.05, 3.63) is 51.3 Å². The first-order chi connectivity index (χ1) is 14.0. The molecule has 0 bridgehead atoms. The Hall–Kier alpha value is -2.56. The number of hydrogen-bond donors (Lipinski definition) is 1. The van der Waals surface area contributed by atoms with Crippen molar-refractivity contribution in [1.29, 1.82) is 0 Å². The van der Waals surface area contributed by atoms with Gasteiger partial charge in [0.15, 0.2) is 5.43 Å². The van der Waals surface area contributed by atoms with E-state index in [1.807, 2.05) is 6.92 Å². The molecule has 5 heteroatoms. The van der Waals surface area contributed by atoms with E-state index >= 15 is 0 Å². The monoisotopic (exact) mass is 393 g/mol. The molecule has 1 aromatic heterocycles. The van der Waals surface area contributed by atoms with Crippen LogP contribution < -0.4 is 10.2 Å². The molecule has 1 spiro atoms. The highest BCUT2D eigenvalue weighted by Crippen LogP contribution is 2.49. The molecule has 29 heavy (non-hydrogen) atoms. The van der Waals surface area contributed by atoms with E-state index in [0.29, 0.717) is 5.92 Å². The van der Waals surface area contributed by atoms with Gasteiger partial charge in [-0.1, -0.05) is 12.8 Å². The minimum absolute atomic E-state index is 0.113. The Morgan fingerprint density at radius 3 is 2.62 bits per heavy atom. The summed E-state index contributed by atoms with van der Waals surface area (Å²) in [6.07, 6.45) is 10.7. The lowest BCUT2D eigenvalue weighted by atomic mass is 9.69. The summed E-state index contributed by atoms with van der Waals surface area (Å²) in [5, 5.41) is 9.42. The van der Waals surface area contributed by atoms with E-state index in [1.54, 1.807) is 6.20 Å². The molecule has 1 aliphatic heterocycles. The van der Waals surface area contributed by atoms with Gasteiger partial charge in [-0.15, -0.1) is 0 Å². The molecule has 1 N–H and O–H groups in total. The summed E-state index contributed by atoms with van der Waals surface area (Å²) in [5.41, 5.74) is 3.46. The Balaban J connectivity index is 1.57. The Bertz CT molecular complexity index is 1040. The third-order valence-electron chi connectivity index (χ3n) is 7.22. The van der Waals surface area contributed by atoms with Gasteiger partial charge in [0.2, 0.25) is 0 Å². The molecule has 2 heterocycles. The van der Waals surface area contributed by atoms with Gasteiger partial charge in [0.25, 0.3) is 0 Å². The van der Waals surface area contributed by atoms with Crippen molar-refractivity contribution in [1.82, 2.24) is 4.57 Å². The van der Waals surface area contributed by atoms with Crippen LogP contribution in [-0.4, -0.2) is 22.2 Å². The number of carboxylic acid groups (broad SMARTS) is 1. The van der Waals surface area contributed by atoms with Crippen LogP contribution in [0.4, 0.5) is 0 Å². The van der Waals surface area contributed by atoms with E-state index in [9.17, 15) is 14.7 Å². The van der Waals surface area contributed by atoms with Crippen molar-refractivity contribution in [2.24, 2.45) is 5.92 Å². The molecule has 5 rings (SSSR count). The van der Waals surface area contributed by atoms with Gasteiger partial charge in [-0.2, -0.15) is 0 Å². The predicted octanol–water partition coefficient (Wildman–Crippen LogP) is 4.53. The van der Waals surface area contributed by atoms with Gasteiger partial charge in [-0.25, -0.2) is 4.79 Å². The number of aromatic nitrogens is 1. The van der Waals surface area contributed by atoms with E-state index < -0.39 is 11.4 Å². The third kappa shape index (κ3) is 2.98. The first-order valence-corrected chi connectivity index (χ1v) is 10.7. The molecule has 2 aliphatic carbocycles. The second kappa shape index (κ2) is 6.75. The lowest BCUT2D eigenvalue weighted by Crippen LogP contribution is -2.46. The van der Waals surface area contributed by atoms with Crippen molar-refractivity contribution in [3.63, 3.8) is 0 Å². The fraction of sp³-hybridized carbons (Fsp3) is 0.500. The first-order valence-electron chi connectivity index (χ1n) is 10.7. The molecular formula is C24H27NO4. The number of pyridine rings is 1. The minimum atomic E-state index is -1.16. The minimum Gasteiger partial charge on any atom is -0.493 e. The van der Waals surface area contributed by atoms with E-state index in [1.165, 1.54) is 37.3 Å². The number of nitrogens with zero attached hydrogens (tertiary/aromatic N) is 1. The number of aromatic carboxylic acids is 1. The van der Waals surface area contributed by atoms with Crippen LogP contribution in [0.3, 0.4) is 0 Å². The van der Waals surface area contributed by atoms with Crippen molar-refractivity contribution in [3.8, 4) is 17.0 Å². The van der Waals surface area contributed by atoms with Crippen LogP contribution >= 0.6 is 0 Å². The van der Waals surface area contributed by atoms with Crippen LogP contribution in [0.25, 0.3) is 11.3 Å². The van der Waals surface area contributed by atoms with Crippen molar-refractivity contribution >= 4 is 5.97 Å². The van der Waals surface area contributed by atoms with Crippen LogP contribution in [0.15, 0.2) is 29.2 Å². The first kappa shape index (κ1) is 18.5. The summed E-state index contributed by atoms with van der Waals surface area (Å²) in [7, 11) is 0. The third-order valence-corrected chi connectivity index (χ3v) is 7.22. The molecule has 2 aromatic rings. The van der Waals surface area contributed by atoms with E-state index in [-0.39, 0.29) is 11.1 Å². The molecule has 5 nitrogen and oxygen atoms in total. The Morgan fingerprint density at radius 1 is 1.21 bits per heavy atom. The van der Waals surface area contributed by atoms with Gasteiger partial charge in [0.05, 0.1) is 12.3 Å². The summed E-state index contributed by atoms with van der Waals surface area (Å²) in [5.74, 6) is 0.456. The lowest BCUT2D eigenvalue weighted by Gasteiger charge is -2.48. The largest absolute Gasteiger partial charge is 0.493 e. The lowest BCUT2D eigenvalue weighted by molar-refractivity contribution is 0.0691. The Labute approximate surface area is 170 Å². The maximum absolute atomic E-state index is 12.4. The topological polar surface area (TPSA) is 68.5 Å². The van der Waals surface area contributed by atoms with Crippen LogP contribution in [0, 0.1) is 12.8 Å². The fourth-order valence-corrected chi connectivity index (χ4v) is 5.39. The molecule has 152 valence electrons. The molecule has 2 fully saturated rings. The zero-order chi connectivity index (χ0) is 20.2. The number of benzene rings is 1. The quantitative estimate of drug-likeness (QED) is 0.829. The van der Waals surface area contributed by atoms with Gasteiger partial charge in [-0.3, -0.25) is 4.79 Å². The Morgan fingerprint density at radius 2 is 1.97 bits per heavy atom. The number of carbonyl (C=O) groups is 1. The second-order valence-corrected chi connectivity index (χ2v) is 9.10. The number of aryl methyl sites for hydroxylation is 1. The highest BCUT2D eigenvalue weighted by molar-refractivity contribution is 5.88. The molecular weight excluding hydrogens is 366 g/mol. The van der Waals surface area contributed by atoms with Crippen LogP contribution in [0.1, 0.15) is 66.4 Å². The summed E-state index contributed by atoms with van der Waals surface area (Å²) >= 11 is 0. The zero-order valence-electron chi connectivity index (χ0n) is 16.9. The van der Waals surface area contributed by atoms with Crippen LogP contribution in [0.2, 0.25) is 0 Å². The standard InChI is InChI=1S/C24H27NO4/c1-15-9-18-17(10-22(15)29-14-16-5-2-3-6-16)12-24(7-4-8-24)25-13-19(23(27)28)21(26)11-20(18)25/h9-11,13,16H,2-8,12,14H2,1H3,(H,27,28). The molecule has 3 aliphatic rings. The van der Waals surface area contributed by atoms with Gasteiger partial charge in [0, 0.05) is 23.4 Å². The maximum atomic E-state index is 12.4. The summed E-state index contributed by atoms with van der Waals surface area (Å²) < 4.78 is 8.29. The molecule has 0 amide bonds. The zero-order valence-corrected chi connectivity index (χ0v) is 16.9. The van der Waals surface area contributed by atoms with Crippen LogP contribution in [-0.2, 0) is 12.0 Å². The van der Waals surface area contributed by atoms with Gasteiger partial charge in [0.1, 0.15) is 11.3 Å². The average Bonchev–Trinajstić information content (AvgIpc) is 3.17. The van der Waals surface area contributed by atoms with Gasteiger partial charge in [-0.05, 0) is 74.6 Å². The number of ether oxygens (including phenoxy) is 1. The van der Waals surface area contributed by atoms with Crippen molar-refractivity contribution < 1.29 is 14.6 Å². The summed E-state index contributed by atoms with van der Waals surface area (Å²) in [4.78, 5) is 24.0. The highest BCUT2D eigenvalue weighted by Gasteiger charge is 2.43. The summed E-state index contributed by atoms with van der Waals surface area (Å²) in [6, 6.07) is 5.79. The summed E-state index contributed by atoms with van der Waals surface area (Å²) in [6.45, 7) is 2.83. The Kier molecular flexibility index (Phi) is 4.30. The van der Waals surface area contributed by atoms with E-state index in [2.05, 4.69) is 16.7 Å². The van der Waals surface area contributed by atoms with Crippen LogP contribution in [0.5, 0.6) is 5.75 Å². The van der Waals surface area contributed by atoms with E-state index in [4.69, 9.17) is 4.74 Å². The van der Waals surface area contributed by atoms with Crippen molar-refractivity contribution in [2.45, 2.75) is 63.8 Å². The maximum Gasteiger partial charge on any atom is 0.341 e. The molecule has 1 aromatic carbocycles. The number of carboxylic acids is 1. The van der Waals surface area contributed by atoms with Crippen molar-refractivity contribution in [2.75, 3.05) is 6.61 Å². The average molecular weight is 393 g/mol. The highest BCUT2D eigenvalue weighted by atomic mass is 16.5. The fourth-order valence-electron chi connectivity index (χ4n) is 5.39. The second-order valence-electron chi connectivity index (χ2n) is 9.10. The molecule has 2 saturated carbocycles. The molecule has 0 saturated heterocycles. The van der Waals surface area contributed by atoms with E-state index in [0.717, 1.165) is 54.9 Å². The number of fused-ring (bicyclic) bond motifs is 4. The normalized spacial score (nSPS) is 19.5. The van der Waals surface area contributed by atoms with Gasteiger partial charge < -0.3 is 14.4 Å². The smallest absolute Gasteiger partial charge is 0.341 e. The van der Waals surface area contributed by atoms with Gasteiger partial charge >= 0.3 is 5.97 Å². The number of hydrogen-bond acceptors (Lipinski definition) is 3. The SMILES string of the molecule is Cc1cc2c(cc1OCC1CCCC1)CC1(CCC1)n1cc(C(=O)O)c(=O)cc1-2.